The molecule has 0 radical (unpaired) electrons. The predicted molar refractivity (Wildman–Crippen MR) is 117 cm³/mol. The molecule has 6 rings (SSSR count). The average Bonchev–Trinajstić information content (AvgIpc) is 3.08. The number of phenols is 2. The van der Waals surface area contributed by atoms with Crippen molar-refractivity contribution in [2.75, 3.05) is 0 Å². The molecule has 0 saturated carbocycles. The normalized spacial score (nSPS) is 17.7. The number of ether oxygens (including phenoxy) is 2. The first kappa shape index (κ1) is 19.8. The fraction of sp³-hybridized carbons (Fsp3) is 0.0435. The molecule has 1 unspecified atom stereocenters. The maximum absolute atomic E-state index is 13.0. The molecule has 3 heterocycles. The van der Waals surface area contributed by atoms with Gasteiger partial charge in [-0.2, -0.15) is 0 Å². The first-order valence-corrected chi connectivity index (χ1v) is 10.4. The molecule has 2 aliphatic rings. The van der Waals surface area contributed by atoms with Gasteiger partial charge >= 0.3 is 5.97 Å². The highest BCUT2D eigenvalue weighted by atomic mass is 35.5. The molecule has 1 spiro atoms. The van der Waals surface area contributed by atoms with Gasteiger partial charge in [0.25, 0.3) is 0 Å². The molecular formula is C23H11Cl2N3O5. The van der Waals surface area contributed by atoms with Crippen molar-refractivity contribution in [1.82, 2.24) is 15.4 Å². The van der Waals surface area contributed by atoms with Crippen molar-refractivity contribution in [2.24, 2.45) is 0 Å². The smallest absolute Gasteiger partial charge is 0.340 e. The zero-order valence-corrected chi connectivity index (χ0v) is 17.9. The van der Waals surface area contributed by atoms with Crippen LogP contribution in [0.25, 0.3) is 11.3 Å². The molecule has 2 aliphatic heterocycles. The van der Waals surface area contributed by atoms with Crippen LogP contribution in [0, 0.1) is 0 Å². The number of carbonyl (C=O) groups excluding carboxylic acids is 1. The van der Waals surface area contributed by atoms with Crippen LogP contribution >= 0.6 is 23.2 Å². The summed E-state index contributed by atoms with van der Waals surface area (Å²) >= 11 is 12.5. The number of carbonyl (C=O) groups is 1. The third-order valence-corrected chi connectivity index (χ3v) is 6.42. The standard InChI is InChI=1S/C23H11Cl2N3O5/c24-19-20(26-28-27-21(19)25)13-7-11(30)9-17-18(13)23(15-6-5-10(29)8-16(15)32-17)14-4-2-1-3-12(14)22(31)33-23/h1-9,29-30H. The van der Waals surface area contributed by atoms with Gasteiger partial charge in [-0.25, -0.2) is 4.79 Å². The lowest BCUT2D eigenvalue weighted by Crippen LogP contribution is -2.33. The third kappa shape index (κ3) is 2.65. The van der Waals surface area contributed by atoms with E-state index in [0.717, 1.165) is 0 Å². The van der Waals surface area contributed by atoms with E-state index in [1.807, 2.05) is 0 Å². The van der Waals surface area contributed by atoms with E-state index in [2.05, 4.69) is 15.4 Å². The highest BCUT2D eigenvalue weighted by molar-refractivity contribution is 6.42. The molecule has 33 heavy (non-hydrogen) atoms. The van der Waals surface area contributed by atoms with Crippen LogP contribution in [0.3, 0.4) is 0 Å². The van der Waals surface area contributed by atoms with E-state index >= 15 is 0 Å². The Labute approximate surface area is 196 Å². The van der Waals surface area contributed by atoms with Crippen LogP contribution in [0.15, 0.2) is 54.6 Å². The number of hydrogen-bond acceptors (Lipinski definition) is 8. The minimum atomic E-state index is -1.48. The Bertz CT molecular complexity index is 1510. The topological polar surface area (TPSA) is 115 Å². The molecule has 0 aliphatic carbocycles. The van der Waals surface area contributed by atoms with E-state index in [0.29, 0.717) is 22.3 Å². The summed E-state index contributed by atoms with van der Waals surface area (Å²) in [5, 5.41) is 31.8. The van der Waals surface area contributed by atoms with Gasteiger partial charge in [0.2, 0.25) is 0 Å². The van der Waals surface area contributed by atoms with Crippen LogP contribution in [-0.2, 0) is 10.3 Å². The minimum Gasteiger partial charge on any atom is -0.508 e. The van der Waals surface area contributed by atoms with Crippen molar-refractivity contribution in [1.29, 1.82) is 0 Å². The summed E-state index contributed by atoms with van der Waals surface area (Å²) in [6.45, 7) is 0. The van der Waals surface area contributed by atoms with Crippen LogP contribution in [-0.4, -0.2) is 31.6 Å². The molecule has 162 valence electrons. The number of nitrogens with zero attached hydrogens (tertiary/aromatic N) is 3. The van der Waals surface area contributed by atoms with Crippen molar-refractivity contribution < 1.29 is 24.5 Å². The third-order valence-electron chi connectivity index (χ3n) is 5.70. The minimum absolute atomic E-state index is 0.00345. The van der Waals surface area contributed by atoms with E-state index in [9.17, 15) is 15.0 Å². The van der Waals surface area contributed by atoms with E-state index in [1.165, 1.54) is 24.3 Å². The molecule has 4 aromatic rings. The van der Waals surface area contributed by atoms with E-state index < -0.39 is 11.6 Å². The molecule has 0 fully saturated rings. The predicted octanol–water partition coefficient (Wildman–Crippen LogP) is 4.82. The summed E-state index contributed by atoms with van der Waals surface area (Å²) in [4.78, 5) is 13.0. The quantitative estimate of drug-likeness (QED) is 0.373. The molecule has 0 amide bonds. The SMILES string of the molecule is O=C1OC2(c3ccc(O)cc3Oc3cc(O)cc(-c4nnnc(Cl)c4Cl)c32)c2ccccc21. The zero-order valence-electron chi connectivity index (χ0n) is 16.4. The number of esters is 1. The Morgan fingerprint density at radius 1 is 0.848 bits per heavy atom. The van der Waals surface area contributed by atoms with Crippen molar-refractivity contribution in [3.05, 3.63) is 87.0 Å². The number of aromatic hydroxyl groups is 2. The first-order chi connectivity index (χ1) is 15.9. The molecule has 10 heteroatoms. The number of aromatic nitrogens is 3. The van der Waals surface area contributed by atoms with Gasteiger partial charge in [0, 0.05) is 28.8 Å². The molecule has 0 bridgehead atoms. The molecule has 0 saturated heterocycles. The van der Waals surface area contributed by atoms with E-state index in [4.69, 9.17) is 32.7 Å². The molecule has 1 atom stereocenters. The number of phenolic OH excluding ortho intramolecular Hbond substituents is 2. The summed E-state index contributed by atoms with van der Waals surface area (Å²) in [5.41, 5.74) is 0.701. The van der Waals surface area contributed by atoms with Gasteiger partial charge < -0.3 is 19.7 Å². The largest absolute Gasteiger partial charge is 0.508 e. The van der Waals surface area contributed by atoms with Crippen molar-refractivity contribution in [3.63, 3.8) is 0 Å². The van der Waals surface area contributed by atoms with Crippen LogP contribution in [0.2, 0.25) is 10.2 Å². The molecule has 1 aromatic heterocycles. The molecule has 3 aromatic carbocycles. The summed E-state index contributed by atoms with van der Waals surface area (Å²) in [7, 11) is 0. The first-order valence-electron chi connectivity index (χ1n) is 9.66. The number of hydrogen-bond donors (Lipinski definition) is 2. The van der Waals surface area contributed by atoms with Gasteiger partial charge in [0.1, 0.15) is 33.7 Å². The van der Waals surface area contributed by atoms with E-state index in [1.54, 1.807) is 30.3 Å². The number of fused-ring (bicyclic) bond motifs is 6. The van der Waals surface area contributed by atoms with Crippen molar-refractivity contribution in [3.8, 4) is 34.3 Å². The van der Waals surface area contributed by atoms with Gasteiger partial charge in [-0.05, 0) is 29.5 Å². The van der Waals surface area contributed by atoms with Crippen molar-refractivity contribution >= 4 is 29.2 Å². The van der Waals surface area contributed by atoms with Gasteiger partial charge in [0.05, 0.1) is 11.1 Å². The van der Waals surface area contributed by atoms with Crippen LogP contribution in [0.1, 0.15) is 27.0 Å². The highest BCUT2D eigenvalue weighted by Gasteiger charge is 2.55. The second kappa shape index (κ2) is 6.81. The Morgan fingerprint density at radius 3 is 2.48 bits per heavy atom. The lowest BCUT2D eigenvalue weighted by Gasteiger charge is -2.37. The molecule has 2 N–H and O–H groups in total. The van der Waals surface area contributed by atoms with Gasteiger partial charge in [-0.15, -0.1) is 10.2 Å². The van der Waals surface area contributed by atoms with Crippen LogP contribution in [0.4, 0.5) is 0 Å². The maximum Gasteiger partial charge on any atom is 0.340 e. The lowest BCUT2D eigenvalue weighted by atomic mass is 9.75. The lowest BCUT2D eigenvalue weighted by molar-refractivity contribution is 0.0226. The molecular weight excluding hydrogens is 469 g/mol. The Kier molecular flexibility index (Phi) is 4.08. The van der Waals surface area contributed by atoms with Gasteiger partial charge in [-0.1, -0.05) is 41.4 Å². The Balaban J connectivity index is 1.78. The van der Waals surface area contributed by atoms with Crippen molar-refractivity contribution in [2.45, 2.75) is 5.60 Å². The van der Waals surface area contributed by atoms with Crippen LogP contribution in [0.5, 0.6) is 23.0 Å². The second-order valence-electron chi connectivity index (χ2n) is 7.51. The monoisotopic (exact) mass is 479 g/mol. The van der Waals surface area contributed by atoms with Gasteiger partial charge in [-0.3, -0.25) is 0 Å². The Hall–Kier alpha value is -3.88. The zero-order chi connectivity index (χ0) is 22.9. The average molecular weight is 480 g/mol. The molecule has 8 nitrogen and oxygen atoms in total. The summed E-state index contributed by atoms with van der Waals surface area (Å²) in [6.07, 6.45) is 0. The summed E-state index contributed by atoms with van der Waals surface area (Å²) < 4.78 is 12.2. The number of rotatable bonds is 1. The van der Waals surface area contributed by atoms with E-state index in [-0.39, 0.29) is 44.4 Å². The fourth-order valence-electron chi connectivity index (χ4n) is 4.44. The Morgan fingerprint density at radius 2 is 1.64 bits per heavy atom. The number of halogens is 2. The van der Waals surface area contributed by atoms with Crippen LogP contribution < -0.4 is 4.74 Å². The maximum atomic E-state index is 13.0. The summed E-state index contributed by atoms with van der Waals surface area (Å²) in [6, 6.07) is 14.3. The fourth-order valence-corrected chi connectivity index (χ4v) is 4.74. The highest BCUT2D eigenvalue weighted by Crippen LogP contribution is 2.59. The summed E-state index contributed by atoms with van der Waals surface area (Å²) in [5.74, 6) is -0.306. The number of benzene rings is 3. The second-order valence-corrected chi connectivity index (χ2v) is 8.24. The van der Waals surface area contributed by atoms with Gasteiger partial charge in [0.15, 0.2) is 10.8 Å².